The molecule has 9 heteroatoms. The first-order chi connectivity index (χ1) is 16.5. The number of halogens is 1. The van der Waals surface area contributed by atoms with Crippen molar-refractivity contribution in [2.75, 3.05) is 17.2 Å². The van der Waals surface area contributed by atoms with Crippen LogP contribution >= 0.6 is 0 Å². The molecule has 2 heterocycles. The quantitative estimate of drug-likeness (QED) is 0.622. The summed E-state index contributed by atoms with van der Waals surface area (Å²) in [5, 5.41) is 18.1. The van der Waals surface area contributed by atoms with Gasteiger partial charge < -0.3 is 20.9 Å². The third-order valence-electron chi connectivity index (χ3n) is 6.44. The topological polar surface area (TPSA) is 114 Å². The maximum Gasteiger partial charge on any atom is 0.319 e. The van der Waals surface area contributed by atoms with Crippen molar-refractivity contribution in [2.24, 2.45) is 5.41 Å². The molecule has 0 unspecified atom stereocenters. The number of fused-ring (bicyclic) bond motifs is 2. The number of para-hydroxylation sites is 1. The summed E-state index contributed by atoms with van der Waals surface area (Å²) in [6.07, 6.45) is 0.495. The smallest absolute Gasteiger partial charge is 0.319 e. The molecule has 2 aromatic rings. The number of nitrogens with zero attached hydrogens (tertiary/aromatic N) is 2. The number of urea groups is 1. The zero-order chi connectivity index (χ0) is 25.4. The molecule has 1 fully saturated rings. The lowest BCUT2D eigenvalue weighted by Gasteiger charge is -2.31. The molecule has 0 aliphatic carbocycles. The van der Waals surface area contributed by atoms with Crippen molar-refractivity contribution in [2.45, 2.75) is 51.1 Å². The number of carbonyl (C=O) groups is 3. The Morgan fingerprint density at radius 3 is 2.57 bits per heavy atom. The molecule has 3 N–H and O–H groups in total. The summed E-state index contributed by atoms with van der Waals surface area (Å²) in [7, 11) is 0. The van der Waals surface area contributed by atoms with Crippen LogP contribution in [0.3, 0.4) is 0 Å². The van der Waals surface area contributed by atoms with Crippen LogP contribution in [0.25, 0.3) is 0 Å². The zero-order valence-electron chi connectivity index (χ0n) is 19.9. The Morgan fingerprint density at radius 2 is 1.91 bits per heavy atom. The summed E-state index contributed by atoms with van der Waals surface area (Å²) < 4.78 is 13.2. The van der Waals surface area contributed by atoms with Crippen molar-refractivity contribution in [1.29, 1.82) is 5.26 Å². The van der Waals surface area contributed by atoms with Crippen molar-refractivity contribution >= 4 is 29.2 Å². The molecule has 3 atom stereocenters. The lowest BCUT2D eigenvalue weighted by molar-refractivity contribution is -0.134. The van der Waals surface area contributed by atoms with Crippen LogP contribution in [0, 0.1) is 22.6 Å². The van der Waals surface area contributed by atoms with E-state index in [1.807, 2.05) is 39.0 Å². The fraction of sp³-hybridized carbons (Fsp3) is 0.385. The first kappa shape index (κ1) is 24.2. The fourth-order valence-corrected chi connectivity index (χ4v) is 4.86. The Balaban J connectivity index is 1.57. The summed E-state index contributed by atoms with van der Waals surface area (Å²) in [4.78, 5) is 40.9. The minimum absolute atomic E-state index is 0.0504. The second-order valence-corrected chi connectivity index (χ2v) is 10.3. The Bertz CT molecular complexity index is 1200. The highest BCUT2D eigenvalue weighted by molar-refractivity contribution is 6.07. The number of rotatable bonds is 4. The normalized spacial score (nSPS) is 21.7. The number of hydrogen-bond acceptors (Lipinski definition) is 4. The summed E-state index contributed by atoms with van der Waals surface area (Å²) in [6, 6.07) is 12.4. The molecule has 8 nitrogen and oxygen atoms in total. The van der Waals surface area contributed by atoms with Gasteiger partial charge in [0, 0.05) is 24.3 Å². The maximum absolute atomic E-state index is 13.7. The third kappa shape index (κ3) is 4.83. The van der Waals surface area contributed by atoms with Crippen LogP contribution in [-0.4, -0.2) is 41.4 Å². The molecule has 4 rings (SSSR count). The summed E-state index contributed by atoms with van der Waals surface area (Å²) in [5.74, 6) is -1.09. The highest BCUT2D eigenvalue weighted by Crippen LogP contribution is 2.46. The molecule has 0 bridgehead atoms. The van der Waals surface area contributed by atoms with Gasteiger partial charge in [-0.1, -0.05) is 39.0 Å². The van der Waals surface area contributed by atoms with Crippen LogP contribution in [0.5, 0.6) is 0 Å². The second kappa shape index (κ2) is 9.02. The van der Waals surface area contributed by atoms with Crippen molar-refractivity contribution in [3.05, 3.63) is 59.9 Å². The fourth-order valence-electron chi connectivity index (χ4n) is 4.86. The molecule has 0 radical (unpaired) electrons. The minimum Gasteiger partial charge on any atom is -0.326 e. The first-order valence-electron chi connectivity index (χ1n) is 11.5. The molecule has 1 saturated heterocycles. The molecule has 0 saturated carbocycles. The summed E-state index contributed by atoms with van der Waals surface area (Å²) in [6.45, 7) is 5.89. The lowest BCUT2D eigenvalue weighted by atomic mass is 9.80. The number of nitriles is 1. The van der Waals surface area contributed by atoms with E-state index in [-0.39, 0.29) is 24.3 Å². The zero-order valence-corrected chi connectivity index (χ0v) is 19.9. The highest BCUT2D eigenvalue weighted by Gasteiger charge is 2.56. The molecule has 182 valence electrons. The van der Waals surface area contributed by atoms with Gasteiger partial charge in [-0.25, -0.2) is 9.18 Å². The number of likely N-dealkylation sites (tertiary alicyclic amines) is 1. The van der Waals surface area contributed by atoms with Crippen molar-refractivity contribution in [1.82, 2.24) is 10.2 Å². The summed E-state index contributed by atoms with van der Waals surface area (Å²) >= 11 is 0. The average molecular weight is 478 g/mol. The number of anilines is 2. The predicted octanol–water partition coefficient (Wildman–Crippen LogP) is 3.77. The minimum atomic E-state index is -1.00. The molecule has 2 aromatic carbocycles. The number of benzene rings is 2. The van der Waals surface area contributed by atoms with E-state index in [0.29, 0.717) is 17.8 Å². The van der Waals surface area contributed by atoms with E-state index >= 15 is 0 Å². The van der Waals surface area contributed by atoms with Crippen molar-refractivity contribution in [3.63, 3.8) is 0 Å². The number of nitrogens with one attached hydrogen (secondary N) is 3. The molecule has 4 amide bonds. The van der Waals surface area contributed by atoms with Crippen molar-refractivity contribution in [3.8, 4) is 6.07 Å². The predicted molar refractivity (Wildman–Crippen MR) is 129 cm³/mol. The van der Waals surface area contributed by atoms with E-state index < -0.39 is 35.3 Å². The van der Waals surface area contributed by atoms with E-state index in [1.165, 1.54) is 29.2 Å². The van der Waals surface area contributed by atoms with Crippen LogP contribution in [0.4, 0.5) is 20.6 Å². The first-order valence-corrected chi connectivity index (χ1v) is 11.5. The van der Waals surface area contributed by atoms with Crippen LogP contribution in [0.1, 0.15) is 39.2 Å². The molecule has 2 aliphatic heterocycles. The standard InChI is InChI=1S/C26H28FN5O3/c1-25(2,3)13-21(31-24(35)29-17-10-8-16(27)9-11-17)22(33)32-15-26(12-18(32)14-28)19-6-4-5-7-20(19)30-23(26)34/h4-11,18,21H,12-13,15H2,1-3H3,(H,30,34)(H2,29,31,35)/t18-,21-,26-/m0/s1. The van der Waals surface area contributed by atoms with E-state index in [0.717, 1.165) is 5.56 Å². The Morgan fingerprint density at radius 1 is 1.23 bits per heavy atom. The molecule has 1 spiro atoms. The maximum atomic E-state index is 13.7. The number of hydrogen-bond donors (Lipinski definition) is 3. The van der Waals surface area contributed by atoms with E-state index in [2.05, 4.69) is 22.0 Å². The van der Waals surface area contributed by atoms with E-state index in [9.17, 15) is 24.0 Å². The van der Waals surface area contributed by atoms with Crippen molar-refractivity contribution < 1.29 is 18.8 Å². The third-order valence-corrected chi connectivity index (χ3v) is 6.44. The van der Waals surface area contributed by atoms with Crippen LogP contribution < -0.4 is 16.0 Å². The summed E-state index contributed by atoms with van der Waals surface area (Å²) in [5.41, 5.74) is 0.511. The molecule has 0 aromatic heterocycles. The van der Waals surface area contributed by atoms with Gasteiger partial charge in [-0.2, -0.15) is 5.26 Å². The van der Waals surface area contributed by atoms with E-state index in [1.54, 1.807) is 6.07 Å². The number of amides is 4. The van der Waals surface area contributed by atoms with E-state index in [4.69, 9.17) is 0 Å². The van der Waals surface area contributed by atoms with Gasteiger partial charge in [0.15, 0.2) is 0 Å². The average Bonchev–Trinajstić information content (AvgIpc) is 3.32. The molecular weight excluding hydrogens is 449 g/mol. The van der Waals surface area contributed by atoms with Gasteiger partial charge in [0.05, 0.1) is 11.5 Å². The van der Waals surface area contributed by atoms with Gasteiger partial charge in [-0.3, -0.25) is 9.59 Å². The van der Waals surface area contributed by atoms with Crippen LogP contribution in [0.2, 0.25) is 0 Å². The second-order valence-electron chi connectivity index (χ2n) is 10.3. The Kier molecular flexibility index (Phi) is 6.24. The monoisotopic (exact) mass is 477 g/mol. The van der Waals surface area contributed by atoms with Gasteiger partial charge in [0.25, 0.3) is 0 Å². The Hall–Kier alpha value is -3.93. The van der Waals surface area contributed by atoms with Gasteiger partial charge in [-0.05, 0) is 47.7 Å². The van der Waals surface area contributed by atoms with Gasteiger partial charge >= 0.3 is 6.03 Å². The SMILES string of the molecule is CC(C)(C)C[C@H](NC(=O)Nc1ccc(F)cc1)C(=O)N1C[C@]2(C[C@H]1C#N)C(=O)Nc1ccccc12. The van der Waals surface area contributed by atoms with Gasteiger partial charge in [0.1, 0.15) is 17.9 Å². The largest absolute Gasteiger partial charge is 0.326 e. The lowest BCUT2D eigenvalue weighted by Crippen LogP contribution is -2.52. The molecule has 2 aliphatic rings. The molecular formula is C26H28FN5O3. The van der Waals surface area contributed by atoms with Crippen LogP contribution in [-0.2, 0) is 15.0 Å². The molecule has 35 heavy (non-hydrogen) atoms. The highest BCUT2D eigenvalue weighted by atomic mass is 19.1. The Labute approximate surface area is 203 Å². The van der Waals surface area contributed by atoms with Gasteiger partial charge in [-0.15, -0.1) is 0 Å². The number of carbonyl (C=O) groups excluding carboxylic acids is 3. The van der Waals surface area contributed by atoms with Crippen LogP contribution in [0.15, 0.2) is 48.5 Å². The van der Waals surface area contributed by atoms with Gasteiger partial charge in [0.2, 0.25) is 11.8 Å².